The predicted molar refractivity (Wildman–Crippen MR) is 89.0 cm³/mol. The van der Waals surface area contributed by atoms with Crippen LogP contribution in [0.1, 0.15) is 5.56 Å². The first kappa shape index (κ1) is 15.1. The first-order valence-corrected chi connectivity index (χ1v) is 7.64. The Kier molecular flexibility index (Phi) is 4.02. The summed E-state index contributed by atoms with van der Waals surface area (Å²) in [6, 6.07) is 12.5. The summed E-state index contributed by atoms with van der Waals surface area (Å²) in [6.45, 7) is 0. The first-order chi connectivity index (χ1) is 11.1. The molecular formula is C16H13N5OS. The molecule has 0 radical (unpaired) electrons. The van der Waals surface area contributed by atoms with Gasteiger partial charge in [-0.25, -0.2) is 4.98 Å². The molecule has 0 saturated heterocycles. The molecule has 1 aromatic carbocycles. The molecule has 3 rings (SSSR count). The minimum absolute atomic E-state index is 0.169. The summed E-state index contributed by atoms with van der Waals surface area (Å²) in [7, 11) is 1.78. The smallest absolute Gasteiger partial charge is 0.280 e. The third-order valence-electron chi connectivity index (χ3n) is 3.45. The normalized spacial score (nSPS) is 10.5. The Morgan fingerprint density at radius 3 is 2.52 bits per heavy atom. The molecule has 0 unspecified atom stereocenters. The Balaban J connectivity index is 2.08. The Bertz CT molecular complexity index is 933. The summed E-state index contributed by atoms with van der Waals surface area (Å²) < 4.78 is 3.17. The van der Waals surface area contributed by atoms with Crippen molar-refractivity contribution in [1.82, 2.24) is 14.3 Å². The number of pyridine rings is 1. The van der Waals surface area contributed by atoms with E-state index in [1.165, 1.54) is 4.68 Å². The molecule has 0 amide bonds. The number of nitriles is 1. The number of hydrogen-bond acceptors (Lipinski definition) is 5. The molecule has 114 valence electrons. The van der Waals surface area contributed by atoms with E-state index in [1.807, 2.05) is 6.07 Å². The van der Waals surface area contributed by atoms with Crippen molar-refractivity contribution >= 4 is 11.9 Å². The SMILES string of the molecule is Cn1cc(-c2ccc(C#N)cc2)c(=O)n1-c1ccc(SN)cn1. The Morgan fingerprint density at radius 2 is 1.96 bits per heavy atom. The van der Waals surface area contributed by atoms with E-state index >= 15 is 0 Å². The number of benzene rings is 1. The van der Waals surface area contributed by atoms with Crippen molar-refractivity contribution in [2.24, 2.45) is 12.2 Å². The van der Waals surface area contributed by atoms with Crippen LogP contribution < -0.4 is 10.7 Å². The molecule has 0 spiro atoms. The van der Waals surface area contributed by atoms with Crippen molar-refractivity contribution < 1.29 is 0 Å². The molecule has 2 heterocycles. The molecule has 2 aromatic heterocycles. The molecule has 0 aliphatic carbocycles. The van der Waals surface area contributed by atoms with Crippen LogP contribution in [-0.4, -0.2) is 14.3 Å². The lowest BCUT2D eigenvalue weighted by Crippen LogP contribution is -2.21. The van der Waals surface area contributed by atoms with Gasteiger partial charge in [-0.2, -0.15) is 9.94 Å². The highest BCUT2D eigenvalue weighted by Gasteiger charge is 2.13. The largest absolute Gasteiger partial charge is 0.286 e. The van der Waals surface area contributed by atoms with Crippen LogP contribution in [0.15, 0.2) is 58.5 Å². The topological polar surface area (TPSA) is 89.6 Å². The molecule has 3 aromatic rings. The lowest BCUT2D eigenvalue weighted by molar-refractivity contribution is 0.633. The van der Waals surface area contributed by atoms with Crippen LogP contribution >= 0.6 is 11.9 Å². The summed E-state index contributed by atoms with van der Waals surface area (Å²) in [5, 5.41) is 14.3. The molecule has 2 N–H and O–H groups in total. The quantitative estimate of drug-likeness (QED) is 0.745. The third-order valence-corrected chi connectivity index (χ3v) is 3.97. The van der Waals surface area contributed by atoms with Gasteiger partial charge in [0.05, 0.1) is 17.2 Å². The maximum Gasteiger partial charge on any atom is 0.280 e. The van der Waals surface area contributed by atoms with E-state index in [-0.39, 0.29) is 5.56 Å². The maximum atomic E-state index is 12.7. The highest BCUT2D eigenvalue weighted by Crippen LogP contribution is 2.18. The van der Waals surface area contributed by atoms with Crippen LogP contribution in [0.25, 0.3) is 16.9 Å². The van der Waals surface area contributed by atoms with E-state index in [4.69, 9.17) is 10.4 Å². The third kappa shape index (κ3) is 2.77. The van der Waals surface area contributed by atoms with Crippen LogP contribution in [0.4, 0.5) is 0 Å². The Morgan fingerprint density at radius 1 is 1.22 bits per heavy atom. The minimum atomic E-state index is -0.169. The van der Waals surface area contributed by atoms with Gasteiger partial charge >= 0.3 is 0 Å². The number of aromatic nitrogens is 3. The zero-order valence-corrected chi connectivity index (χ0v) is 13.1. The van der Waals surface area contributed by atoms with Crippen molar-refractivity contribution in [3.8, 4) is 23.0 Å². The van der Waals surface area contributed by atoms with Crippen molar-refractivity contribution in [1.29, 1.82) is 5.26 Å². The van der Waals surface area contributed by atoms with Crippen LogP contribution in [0.5, 0.6) is 0 Å². The average Bonchev–Trinajstić information content (AvgIpc) is 2.89. The van der Waals surface area contributed by atoms with Crippen molar-refractivity contribution in [2.45, 2.75) is 4.90 Å². The molecule has 0 saturated carbocycles. The number of nitrogens with zero attached hydrogens (tertiary/aromatic N) is 4. The molecule has 23 heavy (non-hydrogen) atoms. The molecule has 0 atom stereocenters. The first-order valence-electron chi connectivity index (χ1n) is 6.76. The van der Waals surface area contributed by atoms with E-state index in [1.54, 1.807) is 54.5 Å². The van der Waals surface area contributed by atoms with Gasteiger partial charge in [-0.15, -0.1) is 0 Å². The highest BCUT2D eigenvalue weighted by molar-refractivity contribution is 7.97. The van der Waals surface area contributed by atoms with Crippen molar-refractivity contribution in [2.75, 3.05) is 0 Å². The van der Waals surface area contributed by atoms with Gasteiger partial charge < -0.3 is 0 Å². The lowest BCUT2D eigenvalue weighted by Gasteiger charge is -2.05. The van der Waals surface area contributed by atoms with E-state index < -0.39 is 0 Å². The fourth-order valence-corrected chi connectivity index (χ4v) is 2.57. The summed E-state index contributed by atoms with van der Waals surface area (Å²) in [5.74, 6) is 0.523. The predicted octanol–water partition coefficient (Wildman–Crippen LogP) is 2.08. The summed E-state index contributed by atoms with van der Waals surface area (Å²) in [5.41, 5.74) is 1.70. The van der Waals surface area contributed by atoms with Crippen LogP contribution in [0.2, 0.25) is 0 Å². The average molecular weight is 323 g/mol. The molecular weight excluding hydrogens is 310 g/mol. The van der Waals surface area contributed by atoms with Gasteiger partial charge in [0.15, 0.2) is 5.82 Å². The highest BCUT2D eigenvalue weighted by atomic mass is 32.2. The standard InChI is InChI=1S/C16H13N5OS/c1-20-10-14(12-4-2-11(8-17)3-5-12)16(22)21(20)15-7-6-13(23-18)9-19-15/h2-7,9-10H,18H2,1H3. The fourth-order valence-electron chi connectivity index (χ4n) is 2.31. The van der Waals surface area contributed by atoms with Crippen LogP contribution in [0.3, 0.4) is 0 Å². The maximum absolute atomic E-state index is 12.7. The summed E-state index contributed by atoms with van der Waals surface area (Å²) in [4.78, 5) is 17.8. The minimum Gasteiger partial charge on any atom is -0.286 e. The fraction of sp³-hybridized carbons (Fsp3) is 0.0625. The Hall–Kier alpha value is -2.82. The van der Waals surface area contributed by atoms with E-state index in [9.17, 15) is 4.79 Å². The molecule has 0 fully saturated rings. The van der Waals surface area contributed by atoms with Gasteiger partial charge in [-0.1, -0.05) is 12.1 Å². The van der Waals surface area contributed by atoms with Gasteiger partial charge in [-0.3, -0.25) is 14.6 Å². The number of hydrogen-bond donors (Lipinski definition) is 1. The van der Waals surface area contributed by atoms with Crippen LogP contribution in [0, 0.1) is 11.3 Å². The molecule has 0 aliphatic heterocycles. The van der Waals surface area contributed by atoms with Crippen molar-refractivity contribution in [3.63, 3.8) is 0 Å². The van der Waals surface area contributed by atoms with E-state index in [0.29, 0.717) is 16.9 Å². The second kappa shape index (κ2) is 6.12. The number of nitrogens with two attached hydrogens (primary N) is 1. The summed E-state index contributed by atoms with van der Waals surface area (Å²) in [6.07, 6.45) is 3.37. The number of rotatable bonds is 3. The Labute approximate surface area is 136 Å². The molecule has 0 bridgehead atoms. The van der Waals surface area contributed by atoms with Gasteiger partial charge in [0.25, 0.3) is 5.56 Å². The number of aryl methyl sites for hydroxylation is 1. The molecule has 6 nitrogen and oxygen atoms in total. The summed E-state index contributed by atoms with van der Waals surface area (Å²) >= 11 is 1.10. The second-order valence-electron chi connectivity index (χ2n) is 4.89. The van der Waals surface area contributed by atoms with E-state index in [0.717, 1.165) is 22.4 Å². The van der Waals surface area contributed by atoms with Crippen molar-refractivity contribution in [3.05, 3.63) is 64.7 Å². The lowest BCUT2D eigenvalue weighted by atomic mass is 10.1. The molecule has 0 aliphatic rings. The zero-order chi connectivity index (χ0) is 16.4. The van der Waals surface area contributed by atoms with Gasteiger partial charge in [0.1, 0.15) is 0 Å². The van der Waals surface area contributed by atoms with Crippen LogP contribution in [-0.2, 0) is 7.05 Å². The second-order valence-corrected chi connectivity index (χ2v) is 5.60. The molecule has 7 heteroatoms. The van der Waals surface area contributed by atoms with E-state index in [2.05, 4.69) is 11.1 Å². The van der Waals surface area contributed by atoms with Gasteiger partial charge in [0.2, 0.25) is 0 Å². The monoisotopic (exact) mass is 323 g/mol. The van der Waals surface area contributed by atoms with Gasteiger partial charge in [0, 0.05) is 24.3 Å². The van der Waals surface area contributed by atoms with Gasteiger partial charge in [-0.05, 0) is 41.8 Å². The zero-order valence-electron chi connectivity index (χ0n) is 12.3.